The monoisotopic (exact) mass is 148 g/mol. The first kappa shape index (κ1) is 12.6. The number of aliphatic hydroxyl groups excluding tert-OH is 2. The molecule has 10 heavy (non-hydrogen) atoms. The Morgan fingerprint density at radius 3 is 1.20 bits per heavy atom. The van der Waals surface area contributed by atoms with Gasteiger partial charge in [-0.15, -0.1) is 0 Å². The van der Waals surface area contributed by atoms with Crippen molar-refractivity contribution in [2.75, 3.05) is 0 Å². The highest BCUT2D eigenvalue weighted by molar-refractivity contribution is 4.64. The molecule has 0 aliphatic carbocycles. The molecule has 0 aromatic carbocycles. The highest BCUT2D eigenvalue weighted by Crippen LogP contribution is 2.04. The van der Waals surface area contributed by atoms with Crippen LogP contribution in [0.15, 0.2) is 0 Å². The van der Waals surface area contributed by atoms with E-state index < -0.39 is 12.2 Å². The fourth-order valence-corrected chi connectivity index (χ4v) is 0.557. The van der Waals surface area contributed by atoms with Gasteiger partial charge in [0.15, 0.2) is 0 Å². The summed E-state index contributed by atoms with van der Waals surface area (Å²) in [6.45, 7) is 9.33. The van der Waals surface area contributed by atoms with Gasteiger partial charge >= 0.3 is 0 Å². The average molecular weight is 148 g/mol. The molecular formula is C8H20O2. The van der Waals surface area contributed by atoms with E-state index in [2.05, 4.69) is 0 Å². The zero-order valence-corrected chi connectivity index (χ0v) is 7.63. The summed E-state index contributed by atoms with van der Waals surface area (Å²) in [5.74, 6) is 0.148. The van der Waals surface area contributed by atoms with E-state index in [0.29, 0.717) is 0 Å². The quantitative estimate of drug-likeness (QED) is 0.621. The minimum Gasteiger partial charge on any atom is -0.391 e. The molecule has 0 aliphatic heterocycles. The largest absolute Gasteiger partial charge is 0.391 e. The van der Waals surface area contributed by atoms with Crippen LogP contribution < -0.4 is 0 Å². The van der Waals surface area contributed by atoms with Gasteiger partial charge in [-0.25, -0.2) is 0 Å². The molecule has 2 heteroatoms. The van der Waals surface area contributed by atoms with Crippen molar-refractivity contribution in [3.05, 3.63) is 0 Å². The Balaban J connectivity index is 0. The predicted molar refractivity (Wildman–Crippen MR) is 43.9 cm³/mol. The van der Waals surface area contributed by atoms with Crippen molar-refractivity contribution in [3.8, 4) is 0 Å². The first-order valence-corrected chi connectivity index (χ1v) is 3.92. The number of aliphatic hydroxyl groups is 2. The van der Waals surface area contributed by atoms with Crippen molar-refractivity contribution >= 4 is 0 Å². The second-order valence-corrected chi connectivity index (χ2v) is 2.48. The third-order valence-electron chi connectivity index (χ3n) is 1.18. The fourth-order valence-electron chi connectivity index (χ4n) is 0.557. The summed E-state index contributed by atoms with van der Waals surface area (Å²) in [5.41, 5.74) is 0. The van der Waals surface area contributed by atoms with Gasteiger partial charge in [0, 0.05) is 0 Å². The zero-order valence-electron chi connectivity index (χ0n) is 7.63. The first-order chi connectivity index (χ1) is 4.55. The van der Waals surface area contributed by atoms with E-state index in [9.17, 15) is 0 Å². The maximum absolute atomic E-state index is 8.95. The minimum atomic E-state index is -0.602. The van der Waals surface area contributed by atoms with E-state index in [-0.39, 0.29) is 5.92 Å². The van der Waals surface area contributed by atoms with Crippen molar-refractivity contribution in [3.63, 3.8) is 0 Å². The normalized spacial score (nSPS) is 15.6. The Hall–Kier alpha value is -0.0800. The Morgan fingerprint density at radius 1 is 0.900 bits per heavy atom. The van der Waals surface area contributed by atoms with Crippen LogP contribution in [0.1, 0.15) is 34.6 Å². The van der Waals surface area contributed by atoms with Crippen LogP contribution in [0, 0.1) is 5.92 Å². The van der Waals surface area contributed by atoms with E-state index >= 15 is 0 Å². The van der Waals surface area contributed by atoms with Crippen LogP contribution in [-0.2, 0) is 0 Å². The second-order valence-electron chi connectivity index (χ2n) is 2.48. The maximum Gasteiger partial charge on any atom is 0.0819 e. The summed E-state index contributed by atoms with van der Waals surface area (Å²) in [5, 5.41) is 17.7. The van der Waals surface area contributed by atoms with E-state index in [1.165, 1.54) is 0 Å². The van der Waals surface area contributed by atoms with Crippen LogP contribution >= 0.6 is 0 Å². The fraction of sp³-hybridized carbons (Fsp3) is 1.00. The SMILES string of the molecule is CC.CC(C)C(O)C(C)O. The third-order valence-corrected chi connectivity index (χ3v) is 1.18. The standard InChI is InChI=1S/C6H14O2.C2H6/c1-4(2)6(8)5(3)7;1-2/h4-8H,1-3H3;1-2H3. The van der Waals surface area contributed by atoms with Crippen LogP contribution in [0.4, 0.5) is 0 Å². The van der Waals surface area contributed by atoms with Crippen molar-refractivity contribution < 1.29 is 10.2 Å². The molecular weight excluding hydrogens is 128 g/mol. The van der Waals surface area contributed by atoms with Gasteiger partial charge in [-0.2, -0.15) is 0 Å². The molecule has 0 bridgehead atoms. The van der Waals surface area contributed by atoms with Gasteiger partial charge in [0.2, 0.25) is 0 Å². The van der Waals surface area contributed by atoms with Crippen LogP contribution in [0.3, 0.4) is 0 Å². The molecule has 0 fully saturated rings. The van der Waals surface area contributed by atoms with Crippen molar-refractivity contribution in [1.82, 2.24) is 0 Å². The molecule has 0 radical (unpaired) electrons. The Kier molecular flexibility index (Phi) is 8.85. The molecule has 2 atom stereocenters. The topological polar surface area (TPSA) is 40.5 Å². The van der Waals surface area contributed by atoms with E-state index in [1.54, 1.807) is 6.92 Å². The molecule has 0 aromatic heterocycles. The summed E-state index contributed by atoms with van der Waals surface area (Å²) in [6, 6.07) is 0. The predicted octanol–water partition coefficient (Wildman–Crippen LogP) is 1.41. The molecule has 0 aliphatic rings. The summed E-state index contributed by atoms with van der Waals surface area (Å²) in [4.78, 5) is 0. The third kappa shape index (κ3) is 6.05. The van der Waals surface area contributed by atoms with Gasteiger partial charge in [0.05, 0.1) is 12.2 Å². The summed E-state index contributed by atoms with van der Waals surface area (Å²) in [7, 11) is 0. The van der Waals surface area contributed by atoms with Gasteiger partial charge in [0.1, 0.15) is 0 Å². The molecule has 2 unspecified atom stereocenters. The Labute approximate surface area is 63.9 Å². The lowest BCUT2D eigenvalue weighted by molar-refractivity contribution is 0.00273. The van der Waals surface area contributed by atoms with Gasteiger partial charge in [-0.05, 0) is 12.8 Å². The highest BCUT2D eigenvalue weighted by atomic mass is 16.3. The molecule has 2 nitrogen and oxygen atoms in total. The lowest BCUT2D eigenvalue weighted by Gasteiger charge is -2.16. The number of hydrogen-bond acceptors (Lipinski definition) is 2. The maximum atomic E-state index is 8.95. The number of rotatable bonds is 2. The molecule has 64 valence electrons. The zero-order chi connectivity index (χ0) is 8.73. The average Bonchev–Trinajstić information content (AvgIpc) is 1.90. The Bertz CT molecular complexity index is 52.3. The molecule has 0 heterocycles. The van der Waals surface area contributed by atoms with Crippen LogP contribution in [0.2, 0.25) is 0 Å². The van der Waals surface area contributed by atoms with Crippen molar-refractivity contribution in [2.45, 2.75) is 46.8 Å². The van der Waals surface area contributed by atoms with Gasteiger partial charge in [-0.3, -0.25) is 0 Å². The lowest BCUT2D eigenvalue weighted by Crippen LogP contribution is -2.27. The molecule has 2 N–H and O–H groups in total. The summed E-state index contributed by atoms with van der Waals surface area (Å²) >= 11 is 0. The molecule has 0 saturated heterocycles. The Morgan fingerprint density at radius 2 is 1.20 bits per heavy atom. The molecule has 0 spiro atoms. The minimum absolute atomic E-state index is 0.148. The van der Waals surface area contributed by atoms with Gasteiger partial charge in [0.25, 0.3) is 0 Å². The molecule has 0 amide bonds. The van der Waals surface area contributed by atoms with Crippen LogP contribution in [-0.4, -0.2) is 22.4 Å². The molecule has 0 aromatic rings. The smallest absolute Gasteiger partial charge is 0.0819 e. The van der Waals surface area contributed by atoms with Crippen LogP contribution in [0.5, 0.6) is 0 Å². The van der Waals surface area contributed by atoms with E-state index in [1.807, 2.05) is 27.7 Å². The molecule has 0 saturated carbocycles. The number of hydrogen-bond donors (Lipinski definition) is 2. The summed E-state index contributed by atoms with van der Waals surface area (Å²) in [6.07, 6.45) is -1.18. The lowest BCUT2D eigenvalue weighted by atomic mass is 10.0. The van der Waals surface area contributed by atoms with Gasteiger partial charge in [-0.1, -0.05) is 27.7 Å². The van der Waals surface area contributed by atoms with E-state index in [4.69, 9.17) is 10.2 Å². The highest BCUT2D eigenvalue weighted by Gasteiger charge is 2.13. The van der Waals surface area contributed by atoms with E-state index in [0.717, 1.165) is 0 Å². The van der Waals surface area contributed by atoms with Crippen molar-refractivity contribution in [2.24, 2.45) is 5.92 Å². The van der Waals surface area contributed by atoms with Gasteiger partial charge < -0.3 is 10.2 Å². The molecule has 0 rings (SSSR count). The second kappa shape index (κ2) is 7.03. The summed E-state index contributed by atoms with van der Waals surface area (Å²) < 4.78 is 0. The first-order valence-electron chi connectivity index (χ1n) is 3.92. The van der Waals surface area contributed by atoms with Crippen molar-refractivity contribution in [1.29, 1.82) is 0 Å². The van der Waals surface area contributed by atoms with Crippen LogP contribution in [0.25, 0.3) is 0 Å².